The topological polar surface area (TPSA) is 13.1 Å². The summed E-state index contributed by atoms with van der Waals surface area (Å²) in [5.74, 6) is 0. The SMILES string of the molecule is c1ccc2c(c1)Cc1c(-c3ccc4oc5ccccc5c4c3)cccc1-2. The average Bonchev–Trinajstić information content (AvgIpc) is 3.25. The lowest BCUT2D eigenvalue weighted by atomic mass is 9.95. The lowest BCUT2D eigenvalue weighted by molar-refractivity contribution is 0.669. The van der Waals surface area contributed by atoms with Crippen LogP contribution >= 0.6 is 0 Å². The molecule has 1 nitrogen and oxygen atoms in total. The van der Waals surface area contributed by atoms with Crippen molar-refractivity contribution in [3.8, 4) is 22.3 Å². The fourth-order valence-corrected chi connectivity index (χ4v) is 4.32. The summed E-state index contributed by atoms with van der Waals surface area (Å²) in [6.45, 7) is 0. The first-order chi connectivity index (χ1) is 12.9. The van der Waals surface area contributed by atoms with Gasteiger partial charge < -0.3 is 4.42 Å². The van der Waals surface area contributed by atoms with Crippen molar-refractivity contribution < 1.29 is 4.42 Å². The van der Waals surface area contributed by atoms with Crippen LogP contribution < -0.4 is 0 Å². The largest absolute Gasteiger partial charge is 0.456 e. The van der Waals surface area contributed by atoms with Crippen molar-refractivity contribution in [2.45, 2.75) is 6.42 Å². The summed E-state index contributed by atoms with van der Waals surface area (Å²) >= 11 is 0. The van der Waals surface area contributed by atoms with Crippen LogP contribution in [0.25, 0.3) is 44.2 Å². The van der Waals surface area contributed by atoms with Crippen molar-refractivity contribution in [3.63, 3.8) is 0 Å². The molecule has 0 radical (unpaired) electrons. The third kappa shape index (κ3) is 1.86. The van der Waals surface area contributed by atoms with Crippen LogP contribution in [0.1, 0.15) is 11.1 Å². The Morgan fingerprint density at radius 3 is 2.35 bits per heavy atom. The maximum atomic E-state index is 5.99. The Morgan fingerprint density at radius 1 is 0.577 bits per heavy atom. The van der Waals surface area contributed by atoms with Crippen LogP contribution in [-0.4, -0.2) is 0 Å². The summed E-state index contributed by atoms with van der Waals surface area (Å²) in [6, 6.07) is 30.2. The quantitative estimate of drug-likeness (QED) is 0.322. The number of fused-ring (bicyclic) bond motifs is 6. The molecule has 0 fully saturated rings. The number of para-hydroxylation sites is 1. The first-order valence-electron chi connectivity index (χ1n) is 9.00. The highest BCUT2D eigenvalue weighted by molar-refractivity contribution is 6.06. The molecule has 1 heterocycles. The van der Waals surface area contributed by atoms with E-state index in [1.54, 1.807) is 0 Å². The zero-order chi connectivity index (χ0) is 17.1. The predicted octanol–water partition coefficient (Wildman–Crippen LogP) is 6.82. The van der Waals surface area contributed by atoms with Gasteiger partial charge in [-0.1, -0.05) is 66.7 Å². The van der Waals surface area contributed by atoms with Gasteiger partial charge in [0.2, 0.25) is 0 Å². The van der Waals surface area contributed by atoms with Crippen molar-refractivity contribution >= 4 is 21.9 Å². The maximum absolute atomic E-state index is 5.99. The van der Waals surface area contributed by atoms with E-state index in [1.165, 1.54) is 44.2 Å². The molecule has 6 rings (SSSR count). The van der Waals surface area contributed by atoms with Crippen molar-refractivity contribution in [1.82, 2.24) is 0 Å². The van der Waals surface area contributed by atoms with Gasteiger partial charge in [0.05, 0.1) is 0 Å². The van der Waals surface area contributed by atoms with Crippen LogP contribution in [0.4, 0.5) is 0 Å². The molecule has 5 aromatic rings. The molecule has 0 spiro atoms. The number of benzene rings is 4. The lowest BCUT2D eigenvalue weighted by Gasteiger charge is -2.09. The molecule has 0 saturated carbocycles. The highest BCUT2D eigenvalue weighted by Crippen LogP contribution is 2.42. The Morgan fingerprint density at radius 2 is 1.35 bits per heavy atom. The van der Waals surface area contributed by atoms with Crippen LogP contribution in [0, 0.1) is 0 Å². The highest BCUT2D eigenvalue weighted by Gasteiger charge is 2.21. The van der Waals surface area contributed by atoms with Gasteiger partial charge in [0, 0.05) is 10.8 Å². The van der Waals surface area contributed by atoms with Crippen molar-refractivity contribution in [2.75, 3.05) is 0 Å². The first kappa shape index (κ1) is 13.9. The van der Waals surface area contributed by atoms with Gasteiger partial charge >= 0.3 is 0 Å². The normalized spacial score (nSPS) is 12.5. The van der Waals surface area contributed by atoms with Gasteiger partial charge in [-0.2, -0.15) is 0 Å². The maximum Gasteiger partial charge on any atom is 0.135 e. The van der Waals surface area contributed by atoms with Crippen LogP contribution in [0.2, 0.25) is 0 Å². The Labute approximate surface area is 151 Å². The molecule has 0 N–H and O–H groups in total. The van der Waals surface area contributed by atoms with E-state index in [2.05, 4.69) is 72.8 Å². The molecule has 1 aromatic heterocycles. The molecule has 1 heteroatoms. The summed E-state index contributed by atoms with van der Waals surface area (Å²) in [7, 11) is 0. The van der Waals surface area contributed by atoms with E-state index in [-0.39, 0.29) is 0 Å². The Bertz CT molecular complexity index is 1310. The number of rotatable bonds is 1. The minimum absolute atomic E-state index is 0.949. The molecular weight excluding hydrogens is 316 g/mol. The number of hydrogen-bond acceptors (Lipinski definition) is 1. The van der Waals surface area contributed by atoms with Gasteiger partial charge in [0.1, 0.15) is 11.2 Å². The van der Waals surface area contributed by atoms with Gasteiger partial charge in [-0.05, 0) is 58.0 Å². The molecule has 0 atom stereocenters. The second kappa shape index (κ2) is 5.09. The second-order valence-corrected chi connectivity index (χ2v) is 6.97. The molecule has 0 bridgehead atoms. The van der Waals surface area contributed by atoms with Crippen LogP contribution in [-0.2, 0) is 6.42 Å². The minimum Gasteiger partial charge on any atom is -0.456 e. The summed E-state index contributed by atoms with van der Waals surface area (Å²) in [5, 5.41) is 2.37. The molecular formula is C25H16O. The first-order valence-corrected chi connectivity index (χ1v) is 9.00. The van der Waals surface area contributed by atoms with Crippen molar-refractivity contribution in [1.29, 1.82) is 0 Å². The van der Waals surface area contributed by atoms with Crippen molar-refractivity contribution in [2.24, 2.45) is 0 Å². The van der Waals surface area contributed by atoms with E-state index in [0.717, 1.165) is 17.6 Å². The summed E-state index contributed by atoms with van der Waals surface area (Å²) in [4.78, 5) is 0. The van der Waals surface area contributed by atoms with Gasteiger partial charge in [0.15, 0.2) is 0 Å². The van der Waals surface area contributed by atoms with E-state index >= 15 is 0 Å². The number of furan rings is 1. The lowest BCUT2D eigenvalue weighted by Crippen LogP contribution is -1.87. The summed E-state index contributed by atoms with van der Waals surface area (Å²) in [5.41, 5.74) is 10.1. The third-order valence-corrected chi connectivity index (χ3v) is 5.54. The Hall–Kier alpha value is -3.32. The average molecular weight is 332 g/mol. The van der Waals surface area contributed by atoms with Crippen molar-refractivity contribution in [3.05, 3.63) is 96.1 Å². The molecule has 4 aromatic carbocycles. The standard InChI is InChI=1S/C25H16O/c1-2-7-18-16(6-1)14-22-19(9-5-10-20(18)22)17-12-13-25-23(15-17)21-8-3-4-11-24(21)26-25/h1-13,15H,14H2. The van der Waals surface area contributed by atoms with E-state index in [9.17, 15) is 0 Å². The fraction of sp³-hybridized carbons (Fsp3) is 0.0400. The monoisotopic (exact) mass is 332 g/mol. The fourth-order valence-electron chi connectivity index (χ4n) is 4.32. The molecule has 0 aliphatic heterocycles. The zero-order valence-electron chi connectivity index (χ0n) is 14.2. The summed E-state index contributed by atoms with van der Waals surface area (Å²) < 4.78 is 5.99. The Balaban J connectivity index is 1.60. The molecule has 122 valence electrons. The number of hydrogen-bond donors (Lipinski definition) is 0. The van der Waals surface area contributed by atoms with E-state index in [1.807, 2.05) is 12.1 Å². The van der Waals surface area contributed by atoms with E-state index in [4.69, 9.17) is 4.42 Å². The zero-order valence-corrected chi connectivity index (χ0v) is 14.2. The van der Waals surface area contributed by atoms with Gasteiger partial charge in [-0.15, -0.1) is 0 Å². The Kier molecular flexibility index (Phi) is 2.72. The van der Waals surface area contributed by atoms with Crippen LogP contribution in [0.5, 0.6) is 0 Å². The van der Waals surface area contributed by atoms with Crippen LogP contribution in [0.15, 0.2) is 89.3 Å². The van der Waals surface area contributed by atoms with E-state index in [0.29, 0.717) is 0 Å². The smallest absolute Gasteiger partial charge is 0.135 e. The van der Waals surface area contributed by atoms with Gasteiger partial charge in [0.25, 0.3) is 0 Å². The summed E-state index contributed by atoms with van der Waals surface area (Å²) in [6.07, 6.45) is 1.01. The minimum atomic E-state index is 0.949. The van der Waals surface area contributed by atoms with Gasteiger partial charge in [-0.25, -0.2) is 0 Å². The van der Waals surface area contributed by atoms with Gasteiger partial charge in [-0.3, -0.25) is 0 Å². The molecule has 1 aliphatic carbocycles. The molecule has 0 saturated heterocycles. The highest BCUT2D eigenvalue weighted by atomic mass is 16.3. The van der Waals surface area contributed by atoms with Crippen LogP contribution in [0.3, 0.4) is 0 Å². The predicted molar refractivity (Wildman–Crippen MR) is 107 cm³/mol. The molecule has 0 amide bonds. The molecule has 0 unspecified atom stereocenters. The second-order valence-electron chi connectivity index (χ2n) is 6.97. The third-order valence-electron chi connectivity index (χ3n) is 5.54. The van der Waals surface area contributed by atoms with E-state index < -0.39 is 0 Å². The molecule has 26 heavy (non-hydrogen) atoms. The molecule has 1 aliphatic rings.